The Labute approximate surface area is 170 Å². The Morgan fingerprint density at radius 1 is 1.07 bits per heavy atom. The zero-order chi connectivity index (χ0) is 20.1. The number of carbonyl (C=O) groups is 1. The highest BCUT2D eigenvalue weighted by Gasteiger charge is 2.26. The lowest BCUT2D eigenvalue weighted by Crippen LogP contribution is -2.40. The van der Waals surface area contributed by atoms with Crippen LogP contribution in [0.3, 0.4) is 0 Å². The van der Waals surface area contributed by atoms with Crippen LogP contribution in [0.5, 0.6) is 0 Å². The van der Waals surface area contributed by atoms with E-state index in [0.29, 0.717) is 32.0 Å². The van der Waals surface area contributed by atoms with E-state index in [1.54, 1.807) is 12.1 Å². The van der Waals surface area contributed by atoms with E-state index in [2.05, 4.69) is 5.32 Å². The number of carbonyl (C=O) groups excluding carboxylic acids is 1. The number of aryl methyl sites for hydroxylation is 1. The van der Waals surface area contributed by atoms with Crippen molar-refractivity contribution in [3.8, 4) is 0 Å². The second-order valence-electron chi connectivity index (χ2n) is 6.60. The summed E-state index contributed by atoms with van der Waals surface area (Å²) in [6, 6.07) is 14.3. The Morgan fingerprint density at radius 2 is 1.68 bits per heavy atom. The molecule has 8 heteroatoms. The molecule has 0 bridgehead atoms. The summed E-state index contributed by atoms with van der Waals surface area (Å²) in [6.45, 7) is 5.39. The van der Waals surface area contributed by atoms with E-state index in [-0.39, 0.29) is 16.1 Å². The summed E-state index contributed by atoms with van der Waals surface area (Å²) in [6.07, 6.45) is 0. The highest BCUT2D eigenvalue weighted by molar-refractivity contribution is 8.00. The van der Waals surface area contributed by atoms with Crippen LogP contribution in [0.2, 0.25) is 0 Å². The molecule has 1 aliphatic rings. The molecule has 0 aromatic heterocycles. The second-order valence-corrected chi connectivity index (χ2v) is 9.96. The second kappa shape index (κ2) is 9.09. The Morgan fingerprint density at radius 3 is 2.29 bits per heavy atom. The highest BCUT2D eigenvalue weighted by Crippen LogP contribution is 2.25. The molecule has 1 saturated heterocycles. The average molecular weight is 421 g/mol. The smallest absolute Gasteiger partial charge is 0.243 e. The maximum Gasteiger partial charge on any atom is 0.243 e. The topological polar surface area (TPSA) is 75.7 Å². The summed E-state index contributed by atoms with van der Waals surface area (Å²) in [4.78, 5) is 13.7. The third kappa shape index (κ3) is 5.14. The van der Waals surface area contributed by atoms with Crippen molar-refractivity contribution in [2.24, 2.45) is 0 Å². The van der Waals surface area contributed by atoms with Crippen LogP contribution in [-0.2, 0) is 19.6 Å². The molecule has 2 aromatic rings. The minimum absolute atomic E-state index is 0.130. The molecule has 0 radical (unpaired) electrons. The summed E-state index contributed by atoms with van der Waals surface area (Å²) >= 11 is 1.48. The maximum absolute atomic E-state index is 12.6. The first-order valence-electron chi connectivity index (χ1n) is 9.08. The van der Waals surface area contributed by atoms with Gasteiger partial charge in [0.05, 0.1) is 23.4 Å². The van der Waals surface area contributed by atoms with Gasteiger partial charge in [0.1, 0.15) is 0 Å². The molecule has 1 aliphatic heterocycles. The number of rotatable bonds is 6. The molecule has 2 aromatic carbocycles. The number of hydrogen-bond donors (Lipinski definition) is 1. The molecule has 0 saturated carbocycles. The number of morpholine rings is 1. The Hall–Kier alpha value is -1.87. The average Bonchev–Trinajstić information content (AvgIpc) is 2.70. The molecule has 6 nitrogen and oxygen atoms in total. The van der Waals surface area contributed by atoms with Crippen LogP contribution in [0.1, 0.15) is 12.5 Å². The van der Waals surface area contributed by atoms with Gasteiger partial charge in [-0.15, -0.1) is 11.8 Å². The number of nitrogens with one attached hydrogen (secondary N) is 1. The highest BCUT2D eigenvalue weighted by atomic mass is 32.2. The van der Waals surface area contributed by atoms with E-state index in [1.807, 2.05) is 38.1 Å². The first kappa shape index (κ1) is 20.9. The number of benzene rings is 2. The number of amides is 1. The summed E-state index contributed by atoms with van der Waals surface area (Å²) < 4.78 is 31.9. The normalized spacial score (nSPS) is 16.5. The van der Waals surface area contributed by atoms with E-state index in [1.165, 1.54) is 33.8 Å². The monoisotopic (exact) mass is 420 g/mol. The maximum atomic E-state index is 12.6. The van der Waals surface area contributed by atoms with Crippen LogP contribution in [0.4, 0.5) is 5.69 Å². The van der Waals surface area contributed by atoms with E-state index in [0.717, 1.165) is 4.90 Å². The first-order valence-corrected chi connectivity index (χ1v) is 11.4. The largest absolute Gasteiger partial charge is 0.379 e. The minimum atomic E-state index is -3.53. The van der Waals surface area contributed by atoms with Gasteiger partial charge in [0.25, 0.3) is 0 Å². The molecule has 0 aliphatic carbocycles. The molecule has 0 unspecified atom stereocenters. The fourth-order valence-corrected chi connectivity index (χ4v) is 5.04. The third-order valence-electron chi connectivity index (χ3n) is 4.43. The predicted molar refractivity (Wildman–Crippen MR) is 111 cm³/mol. The van der Waals surface area contributed by atoms with E-state index in [9.17, 15) is 13.2 Å². The van der Waals surface area contributed by atoms with Crippen molar-refractivity contribution in [2.45, 2.75) is 28.9 Å². The molecule has 1 heterocycles. The molecule has 0 spiro atoms. The van der Waals surface area contributed by atoms with Gasteiger partial charge < -0.3 is 10.1 Å². The van der Waals surface area contributed by atoms with Crippen LogP contribution >= 0.6 is 11.8 Å². The lowest BCUT2D eigenvalue weighted by molar-refractivity contribution is -0.115. The molecule has 150 valence electrons. The van der Waals surface area contributed by atoms with Gasteiger partial charge in [-0.1, -0.05) is 17.7 Å². The van der Waals surface area contributed by atoms with Gasteiger partial charge in [-0.25, -0.2) is 8.42 Å². The summed E-state index contributed by atoms with van der Waals surface area (Å²) in [5.41, 5.74) is 1.75. The van der Waals surface area contributed by atoms with Gasteiger partial charge in [0.2, 0.25) is 15.9 Å². The molecular weight excluding hydrogens is 396 g/mol. The number of thioether (sulfide) groups is 1. The lowest BCUT2D eigenvalue weighted by atomic mass is 10.2. The van der Waals surface area contributed by atoms with Crippen LogP contribution in [0, 0.1) is 6.92 Å². The Balaban J connectivity index is 1.61. The van der Waals surface area contributed by atoms with Crippen LogP contribution in [0.25, 0.3) is 0 Å². The Kier molecular flexibility index (Phi) is 6.77. The van der Waals surface area contributed by atoms with Gasteiger partial charge in [0.15, 0.2) is 0 Å². The first-order chi connectivity index (χ1) is 13.4. The van der Waals surface area contributed by atoms with Crippen LogP contribution < -0.4 is 5.32 Å². The quantitative estimate of drug-likeness (QED) is 0.727. The van der Waals surface area contributed by atoms with Gasteiger partial charge in [-0.2, -0.15) is 4.31 Å². The molecule has 1 fully saturated rings. The van der Waals surface area contributed by atoms with Gasteiger partial charge >= 0.3 is 0 Å². The van der Waals surface area contributed by atoms with Crippen molar-refractivity contribution < 1.29 is 17.9 Å². The molecule has 3 rings (SSSR count). The Bertz CT molecular complexity index is 906. The summed E-state index contributed by atoms with van der Waals surface area (Å²) in [7, 11) is -3.53. The number of ether oxygens (including phenoxy) is 1. The van der Waals surface area contributed by atoms with Crippen molar-refractivity contribution >= 4 is 33.4 Å². The van der Waals surface area contributed by atoms with Crippen molar-refractivity contribution in [3.05, 3.63) is 54.1 Å². The number of hydrogen-bond acceptors (Lipinski definition) is 5. The zero-order valence-electron chi connectivity index (χ0n) is 15.9. The molecule has 1 atom stereocenters. The van der Waals surface area contributed by atoms with Crippen molar-refractivity contribution in [1.82, 2.24) is 4.31 Å². The summed E-state index contributed by atoms with van der Waals surface area (Å²) in [5.74, 6) is -0.130. The van der Waals surface area contributed by atoms with Crippen molar-refractivity contribution in [3.63, 3.8) is 0 Å². The minimum Gasteiger partial charge on any atom is -0.379 e. The van der Waals surface area contributed by atoms with Gasteiger partial charge in [0, 0.05) is 23.7 Å². The van der Waals surface area contributed by atoms with Crippen LogP contribution in [-0.4, -0.2) is 50.2 Å². The molecular formula is C20H24N2O4S2. The SMILES string of the molecule is Cc1ccc(S[C@@H](C)C(=O)Nc2ccc(S(=O)(=O)N3CCOCC3)cc2)cc1. The number of anilines is 1. The predicted octanol–water partition coefficient (Wildman–Crippen LogP) is 3.14. The van der Waals surface area contributed by atoms with Gasteiger partial charge in [-0.05, 0) is 50.2 Å². The fraction of sp³-hybridized carbons (Fsp3) is 0.350. The zero-order valence-corrected chi connectivity index (χ0v) is 17.6. The number of nitrogens with zero attached hydrogens (tertiary/aromatic N) is 1. The number of sulfonamides is 1. The molecule has 1 N–H and O–H groups in total. The van der Waals surface area contributed by atoms with Crippen molar-refractivity contribution in [1.29, 1.82) is 0 Å². The van der Waals surface area contributed by atoms with Crippen LogP contribution in [0.15, 0.2) is 58.3 Å². The van der Waals surface area contributed by atoms with E-state index in [4.69, 9.17) is 4.74 Å². The van der Waals surface area contributed by atoms with Crippen molar-refractivity contribution in [2.75, 3.05) is 31.6 Å². The van der Waals surface area contributed by atoms with E-state index < -0.39 is 10.0 Å². The van der Waals surface area contributed by atoms with Gasteiger partial charge in [-0.3, -0.25) is 4.79 Å². The third-order valence-corrected chi connectivity index (χ3v) is 7.46. The fourth-order valence-electron chi connectivity index (χ4n) is 2.76. The lowest BCUT2D eigenvalue weighted by Gasteiger charge is -2.26. The molecule has 1 amide bonds. The standard InChI is InChI=1S/C20H24N2O4S2/c1-15-3-7-18(8-4-15)27-16(2)20(23)21-17-5-9-19(10-6-17)28(24,25)22-11-13-26-14-12-22/h3-10,16H,11-14H2,1-2H3,(H,21,23)/t16-/m0/s1. The van der Waals surface area contributed by atoms with E-state index >= 15 is 0 Å². The molecule has 28 heavy (non-hydrogen) atoms. The summed E-state index contributed by atoms with van der Waals surface area (Å²) in [5, 5.41) is 2.57.